The van der Waals surface area contributed by atoms with Gasteiger partial charge in [0.05, 0.1) is 0 Å². The summed E-state index contributed by atoms with van der Waals surface area (Å²) in [5, 5.41) is 2.07. The molecule has 1 rings (SSSR count). The first-order valence-electron chi connectivity index (χ1n) is 3.63. The van der Waals surface area contributed by atoms with Gasteiger partial charge in [0.1, 0.15) is 12.4 Å². The Morgan fingerprint density at radius 1 is 1.21 bits per heavy atom. The van der Waals surface area contributed by atoms with Crippen LogP contribution in [0.1, 0.15) is 0 Å². The lowest BCUT2D eigenvalue weighted by atomic mass is 10.3. The third-order valence-electron chi connectivity index (χ3n) is 1.36. The number of rotatable bonds is 2. The van der Waals surface area contributed by atoms with E-state index in [-0.39, 0.29) is 5.69 Å². The lowest BCUT2D eigenvalue weighted by Gasteiger charge is -2.09. The average molecular weight is 272 g/mol. The quantitative estimate of drug-likeness (QED) is 0.811. The standard InChI is InChI=1S/C8H6BrF4N/c9-5-1-6(10)3-7(2-5)14-4-8(11,12)13/h1-3,14H,4H2. The molecule has 0 aromatic heterocycles. The van der Waals surface area contributed by atoms with Gasteiger partial charge in [-0.3, -0.25) is 0 Å². The zero-order valence-corrected chi connectivity index (χ0v) is 8.41. The van der Waals surface area contributed by atoms with Crippen molar-refractivity contribution < 1.29 is 17.6 Å². The molecule has 0 heterocycles. The Labute approximate surface area is 86.2 Å². The molecule has 1 N–H and O–H groups in total. The number of anilines is 1. The monoisotopic (exact) mass is 271 g/mol. The van der Waals surface area contributed by atoms with E-state index in [4.69, 9.17) is 0 Å². The largest absolute Gasteiger partial charge is 0.405 e. The number of alkyl halides is 3. The van der Waals surface area contributed by atoms with E-state index in [0.29, 0.717) is 4.47 Å². The molecule has 0 aliphatic carbocycles. The lowest BCUT2D eigenvalue weighted by molar-refractivity contribution is -0.115. The van der Waals surface area contributed by atoms with E-state index in [1.807, 2.05) is 0 Å². The fourth-order valence-electron chi connectivity index (χ4n) is 0.858. The summed E-state index contributed by atoms with van der Waals surface area (Å²) in [7, 11) is 0. The molecule has 0 aliphatic rings. The van der Waals surface area contributed by atoms with Gasteiger partial charge in [-0.15, -0.1) is 0 Å². The normalized spacial score (nSPS) is 11.5. The van der Waals surface area contributed by atoms with E-state index >= 15 is 0 Å². The van der Waals surface area contributed by atoms with Gasteiger partial charge < -0.3 is 5.32 Å². The number of hydrogen-bond donors (Lipinski definition) is 1. The predicted molar refractivity (Wildman–Crippen MR) is 48.6 cm³/mol. The fourth-order valence-corrected chi connectivity index (χ4v) is 1.32. The number of hydrogen-bond acceptors (Lipinski definition) is 1. The Morgan fingerprint density at radius 2 is 1.86 bits per heavy atom. The van der Waals surface area contributed by atoms with Gasteiger partial charge in [0.15, 0.2) is 0 Å². The smallest absolute Gasteiger partial charge is 0.376 e. The van der Waals surface area contributed by atoms with Gasteiger partial charge in [-0.1, -0.05) is 15.9 Å². The van der Waals surface area contributed by atoms with Gasteiger partial charge in [0.2, 0.25) is 0 Å². The first kappa shape index (κ1) is 11.3. The van der Waals surface area contributed by atoms with Crippen LogP contribution in [0.3, 0.4) is 0 Å². The highest BCUT2D eigenvalue weighted by atomic mass is 79.9. The highest BCUT2D eigenvalue weighted by molar-refractivity contribution is 9.10. The summed E-state index contributed by atoms with van der Waals surface area (Å²) in [6, 6.07) is 3.53. The molecule has 1 nitrogen and oxygen atoms in total. The molecule has 0 aliphatic heterocycles. The molecule has 0 bridgehead atoms. The van der Waals surface area contributed by atoms with E-state index in [0.717, 1.165) is 6.07 Å². The van der Waals surface area contributed by atoms with Crippen molar-refractivity contribution in [2.24, 2.45) is 0 Å². The summed E-state index contributed by atoms with van der Waals surface area (Å²) in [5.74, 6) is -0.593. The molecule has 1 aromatic carbocycles. The van der Waals surface area contributed by atoms with Crippen LogP contribution >= 0.6 is 15.9 Å². The van der Waals surface area contributed by atoms with Crippen molar-refractivity contribution in [3.8, 4) is 0 Å². The van der Waals surface area contributed by atoms with Crippen LogP contribution in [0.15, 0.2) is 22.7 Å². The first-order valence-corrected chi connectivity index (χ1v) is 4.43. The molecule has 0 spiro atoms. The SMILES string of the molecule is Fc1cc(Br)cc(NCC(F)(F)F)c1. The lowest BCUT2D eigenvalue weighted by Crippen LogP contribution is -2.21. The van der Waals surface area contributed by atoms with Crippen molar-refractivity contribution in [3.05, 3.63) is 28.5 Å². The number of benzene rings is 1. The van der Waals surface area contributed by atoms with Crippen LogP contribution in [-0.2, 0) is 0 Å². The molecule has 0 atom stereocenters. The molecule has 78 valence electrons. The Kier molecular flexibility index (Phi) is 3.36. The van der Waals surface area contributed by atoms with Crippen LogP contribution in [0.5, 0.6) is 0 Å². The highest BCUT2D eigenvalue weighted by Crippen LogP contribution is 2.21. The zero-order chi connectivity index (χ0) is 10.8. The van der Waals surface area contributed by atoms with E-state index < -0.39 is 18.5 Å². The van der Waals surface area contributed by atoms with Gasteiger partial charge in [-0.25, -0.2) is 4.39 Å². The van der Waals surface area contributed by atoms with Crippen LogP contribution < -0.4 is 5.32 Å². The van der Waals surface area contributed by atoms with Gasteiger partial charge in [-0.2, -0.15) is 13.2 Å². The maximum absolute atomic E-state index is 12.7. The van der Waals surface area contributed by atoms with Crippen molar-refractivity contribution in [1.29, 1.82) is 0 Å². The molecule has 0 fully saturated rings. The van der Waals surface area contributed by atoms with Crippen molar-refractivity contribution in [3.63, 3.8) is 0 Å². The zero-order valence-electron chi connectivity index (χ0n) is 6.83. The summed E-state index contributed by atoms with van der Waals surface area (Å²) in [6.45, 7) is -1.18. The summed E-state index contributed by atoms with van der Waals surface area (Å²) < 4.78 is 48.4. The first-order chi connectivity index (χ1) is 6.37. The predicted octanol–water partition coefficient (Wildman–Crippen LogP) is 3.56. The van der Waals surface area contributed by atoms with Crippen molar-refractivity contribution in [2.45, 2.75) is 6.18 Å². The van der Waals surface area contributed by atoms with Crippen molar-refractivity contribution in [2.75, 3.05) is 11.9 Å². The Hall–Kier alpha value is -0.780. The topological polar surface area (TPSA) is 12.0 Å². The molecule has 0 radical (unpaired) electrons. The second kappa shape index (κ2) is 4.16. The second-order valence-electron chi connectivity index (χ2n) is 2.63. The summed E-state index contributed by atoms with van der Waals surface area (Å²) >= 11 is 2.97. The van der Waals surface area contributed by atoms with Gasteiger partial charge >= 0.3 is 6.18 Å². The van der Waals surface area contributed by atoms with Crippen LogP contribution in [0, 0.1) is 5.82 Å². The number of halogens is 5. The van der Waals surface area contributed by atoms with Crippen LogP contribution in [0.2, 0.25) is 0 Å². The molecule has 6 heteroatoms. The second-order valence-corrected chi connectivity index (χ2v) is 3.54. The Bertz CT molecular complexity index is 303. The fraction of sp³-hybridized carbons (Fsp3) is 0.250. The van der Waals surface area contributed by atoms with Gasteiger partial charge in [0, 0.05) is 10.2 Å². The minimum Gasteiger partial charge on any atom is -0.376 e. The average Bonchev–Trinajstić information content (AvgIpc) is 1.97. The summed E-state index contributed by atoms with van der Waals surface area (Å²) in [5.41, 5.74) is 0.0919. The molecule has 0 unspecified atom stereocenters. The third-order valence-corrected chi connectivity index (χ3v) is 1.81. The van der Waals surface area contributed by atoms with E-state index in [1.165, 1.54) is 12.1 Å². The van der Waals surface area contributed by atoms with E-state index in [9.17, 15) is 17.6 Å². The molecule has 0 saturated heterocycles. The molecule has 14 heavy (non-hydrogen) atoms. The van der Waals surface area contributed by atoms with Gasteiger partial charge in [0.25, 0.3) is 0 Å². The van der Waals surface area contributed by atoms with E-state index in [1.54, 1.807) is 0 Å². The van der Waals surface area contributed by atoms with Crippen molar-refractivity contribution >= 4 is 21.6 Å². The van der Waals surface area contributed by atoms with Crippen LogP contribution in [0.25, 0.3) is 0 Å². The third kappa shape index (κ3) is 3.95. The van der Waals surface area contributed by atoms with Crippen molar-refractivity contribution in [1.82, 2.24) is 0 Å². The van der Waals surface area contributed by atoms with Gasteiger partial charge in [-0.05, 0) is 18.2 Å². The number of nitrogens with one attached hydrogen (secondary N) is 1. The summed E-state index contributed by atoms with van der Waals surface area (Å²) in [6.07, 6.45) is -4.31. The molecule has 0 amide bonds. The minimum atomic E-state index is -4.31. The molecular formula is C8H6BrF4N. The minimum absolute atomic E-state index is 0.0919. The highest BCUT2D eigenvalue weighted by Gasteiger charge is 2.26. The Balaban J connectivity index is 2.68. The molecule has 1 aromatic rings. The maximum atomic E-state index is 12.7. The van der Waals surface area contributed by atoms with Crippen LogP contribution in [-0.4, -0.2) is 12.7 Å². The van der Waals surface area contributed by atoms with E-state index in [2.05, 4.69) is 21.2 Å². The maximum Gasteiger partial charge on any atom is 0.405 e. The molecular weight excluding hydrogens is 266 g/mol. The Morgan fingerprint density at radius 3 is 2.36 bits per heavy atom. The molecule has 0 saturated carbocycles. The van der Waals surface area contributed by atoms with Crippen LogP contribution in [0.4, 0.5) is 23.2 Å². The summed E-state index contributed by atoms with van der Waals surface area (Å²) in [4.78, 5) is 0.